The number of carbonyl (C=O) groups excluding carboxylic acids is 1. The second-order valence-corrected chi connectivity index (χ2v) is 5.08. The summed E-state index contributed by atoms with van der Waals surface area (Å²) in [7, 11) is 0. The number of hydrogen-bond acceptors (Lipinski definition) is 4. The van der Waals surface area contributed by atoms with Crippen LogP contribution in [-0.2, 0) is 0 Å². The maximum atomic E-state index is 12.0. The number of aryl methyl sites for hydroxylation is 1. The highest BCUT2D eigenvalue weighted by atomic mass is 16.5. The van der Waals surface area contributed by atoms with Crippen molar-refractivity contribution in [1.29, 1.82) is 0 Å². The molecule has 0 aliphatic carbocycles. The van der Waals surface area contributed by atoms with Crippen LogP contribution in [0.4, 0.5) is 0 Å². The molecular formula is C18H20N2O3. The Kier molecular flexibility index (Phi) is 5.74. The van der Waals surface area contributed by atoms with E-state index in [2.05, 4.69) is 10.5 Å². The number of carbonyl (C=O) groups is 1. The molecule has 5 heteroatoms. The molecule has 1 amide bonds. The first-order valence-electron chi connectivity index (χ1n) is 7.46. The number of phenols is 1. The first-order chi connectivity index (χ1) is 11.1. The second-order valence-electron chi connectivity index (χ2n) is 5.08. The molecule has 2 rings (SSSR count). The standard InChI is InChI=1S/C18H20N2O3/c1-3-10-23-15-9-8-14(17(21)11-15)12-19-20-18(22)16-7-5-4-6-13(16)2/h4-9,11-12,21H,3,10H2,1-2H3,(H,20,22)/b19-12+. The highest BCUT2D eigenvalue weighted by molar-refractivity contribution is 5.96. The van der Waals surface area contributed by atoms with Crippen LogP contribution in [0, 0.1) is 6.92 Å². The topological polar surface area (TPSA) is 70.9 Å². The predicted molar refractivity (Wildman–Crippen MR) is 90.1 cm³/mol. The molecule has 0 bridgehead atoms. The SMILES string of the molecule is CCCOc1ccc(/C=N/NC(=O)c2ccccc2C)c(O)c1. The molecule has 0 atom stereocenters. The molecule has 0 fully saturated rings. The third-order valence-corrected chi connectivity index (χ3v) is 3.23. The summed E-state index contributed by atoms with van der Waals surface area (Å²) in [6.45, 7) is 4.47. The van der Waals surface area contributed by atoms with E-state index < -0.39 is 0 Å². The number of aromatic hydroxyl groups is 1. The summed E-state index contributed by atoms with van der Waals surface area (Å²) in [5.74, 6) is 0.361. The zero-order valence-corrected chi connectivity index (χ0v) is 13.2. The highest BCUT2D eigenvalue weighted by Crippen LogP contribution is 2.22. The largest absolute Gasteiger partial charge is 0.507 e. The monoisotopic (exact) mass is 312 g/mol. The Morgan fingerprint density at radius 2 is 2.09 bits per heavy atom. The van der Waals surface area contributed by atoms with E-state index >= 15 is 0 Å². The van der Waals surface area contributed by atoms with Crippen molar-refractivity contribution >= 4 is 12.1 Å². The van der Waals surface area contributed by atoms with Gasteiger partial charge in [0, 0.05) is 17.2 Å². The first kappa shape index (κ1) is 16.5. The Bertz CT molecular complexity index is 711. The maximum Gasteiger partial charge on any atom is 0.271 e. The van der Waals surface area contributed by atoms with E-state index in [0.717, 1.165) is 12.0 Å². The van der Waals surface area contributed by atoms with E-state index in [1.807, 2.05) is 26.0 Å². The summed E-state index contributed by atoms with van der Waals surface area (Å²) in [5.41, 5.74) is 4.39. The van der Waals surface area contributed by atoms with Gasteiger partial charge in [0.1, 0.15) is 11.5 Å². The van der Waals surface area contributed by atoms with Gasteiger partial charge in [-0.1, -0.05) is 25.1 Å². The van der Waals surface area contributed by atoms with Gasteiger partial charge in [-0.25, -0.2) is 5.43 Å². The molecule has 0 aliphatic heterocycles. The van der Waals surface area contributed by atoms with Gasteiger partial charge in [-0.2, -0.15) is 5.10 Å². The lowest BCUT2D eigenvalue weighted by Gasteiger charge is -2.06. The van der Waals surface area contributed by atoms with Gasteiger partial charge in [-0.3, -0.25) is 4.79 Å². The minimum Gasteiger partial charge on any atom is -0.507 e. The molecule has 0 radical (unpaired) electrons. The third-order valence-electron chi connectivity index (χ3n) is 3.23. The molecule has 2 N–H and O–H groups in total. The highest BCUT2D eigenvalue weighted by Gasteiger charge is 2.06. The van der Waals surface area contributed by atoms with Crippen molar-refractivity contribution < 1.29 is 14.6 Å². The number of benzene rings is 2. The summed E-state index contributed by atoms with van der Waals surface area (Å²) >= 11 is 0. The van der Waals surface area contributed by atoms with Crippen molar-refractivity contribution in [2.45, 2.75) is 20.3 Å². The van der Waals surface area contributed by atoms with E-state index in [9.17, 15) is 9.90 Å². The normalized spacial score (nSPS) is 10.7. The van der Waals surface area contributed by atoms with Crippen LogP contribution in [-0.4, -0.2) is 23.8 Å². The van der Waals surface area contributed by atoms with Crippen LogP contribution < -0.4 is 10.2 Å². The second kappa shape index (κ2) is 7.98. The molecule has 2 aromatic rings. The van der Waals surface area contributed by atoms with Crippen LogP contribution in [0.3, 0.4) is 0 Å². The Morgan fingerprint density at radius 3 is 2.78 bits per heavy atom. The van der Waals surface area contributed by atoms with Gasteiger partial charge in [0.2, 0.25) is 0 Å². The van der Waals surface area contributed by atoms with E-state index in [1.54, 1.807) is 24.3 Å². The van der Waals surface area contributed by atoms with Crippen molar-refractivity contribution in [3.05, 3.63) is 59.2 Å². The van der Waals surface area contributed by atoms with Crippen molar-refractivity contribution in [3.8, 4) is 11.5 Å². The lowest BCUT2D eigenvalue weighted by molar-refractivity contribution is 0.0954. The molecule has 120 valence electrons. The molecule has 0 saturated carbocycles. The average Bonchev–Trinajstić information content (AvgIpc) is 2.55. The summed E-state index contributed by atoms with van der Waals surface area (Å²) in [4.78, 5) is 12.0. The fourth-order valence-electron chi connectivity index (χ4n) is 1.99. The van der Waals surface area contributed by atoms with Gasteiger partial charge in [0.25, 0.3) is 5.91 Å². The number of hydrazone groups is 1. The van der Waals surface area contributed by atoms with E-state index in [4.69, 9.17) is 4.74 Å². The zero-order chi connectivity index (χ0) is 16.7. The van der Waals surface area contributed by atoms with Crippen LogP contribution in [0.5, 0.6) is 11.5 Å². The number of amides is 1. The third kappa shape index (κ3) is 4.57. The van der Waals surface area contributed by atoms with Gasteiger partial charge in [-0.15, -0.1) is 0 Å². The lowest BCUT2D eigenvalue weighted by atomic mass is 10.1. The summed E-state index contributed by atoms with van der Waals surface area (Å²) in [6.07, 6.45) is 2.30. The van der Waals surface area contributed by atoms with Gasteiger partial charge in [0.15, 0.2) is 0 Å². The van der Waals surface area contributed by atoms with Crippen molar-refractivity contribution in [2.24, 2.45) is 5.10 Å². The van der Waals surface area contributed by atoms with Crippen LogP contribution >= 0.6 is 0 Å². The van der Waals surface area contributed by atoms with E-state index in [1.165, 1.54) is 12.3 Å². The summed E-state index contributed by atoms with van der Waals surface area (Å²) in [5, 5.41) is 13.8. The van der Waals surface area contributed by atoms with Gasteiger partial charge >= 0.3 is 0 Å². The molecule has 0 saturated heterocycles. The number of rotatable bonds is 6. The molecule has 23 heavy (non-hydrogen) atoms. The van der Waals surface area contributed by atoms with Crippen molar-refractivity contribution in [1.82, 2.24) is 5.43 Å². The fraction of sp³-hybridized carbons (Fsp3) is 0.222. The van der Waals surface area contributed by atoms with Crippen LogP contribution in [0.15, 0.2) is 47.6 Å². The summed E-state index contributed by atoms with van der Waals surface area (Å²) < 4.78 is 5.43. The number of phenolic OH excluding ortho intramolecular Hbond substituents is 1. The Balaban J connectivity index is 2.00. The van der Waals surface area contributed by atoms with Crippen LogP contribution in [0.25, 0.3) is 0 Å². The molecule has 0 aromatic heterocycles. The van der Waals surface area contributed by atoms with Gasteiger partial charge in [-0.05, 0) is 37.1 Å². The molecule has 0 heterocycles. The van der Waals surface area contributed by atoms with Crippen molar-refractivity contribution in [2.75, 3.05) is 6.61 Å². The summed E-state index contributed by atoms with van der Waals surface area (Å²) in [6, 6.07) is 12.2. The fourth-order valence-corrected chi connectivity index (χ4v) is 1.99. The number of hydrogen-bond donors (Lipinski definition) is 2. The smallest absolute Gasteiger partial charge is 0.271 e. The Labute approximate surface area is 135 Å². The van der Waals surface area contributed by atoms with Gasteiger partial charge in [0.05, 0.1) is 12.8 Å². The number of ether oxygens (including phenoxy) is 1. The lowest BCUT2D eigenvalue weighted by Crippen LogP contribution is -2.18. The minimum absolute atomic E-state index is 0.0486. The quantitative estimate of drug-likeness (QED) is 0.635. The zero-order valence-electron chi connectivity index (χ0n) is 13.2. The average molecular weight is 312 g/mol. The van der Waals surface area contributed by atoms with Gasteiger partial charge < -0.3 is 9.84 Å². The molecular weight excluding hydrogens is 292 g/mol. The molecule has 5 nitrogen and oxygen atoms in total. The van der Waals surface area contributed by atoms with Crippen LogP contribution in [0.2, 0.25) is 0 Å². The maximum absolute atomic E-state index is 12.0. The van der Waals surface area contributed by atoms with Crippen LogP contribution in [0.1, 0.15) is 34.8 Å². The minimum atomic E-state index is -0.290. The van der Waals surface area contributed by atoms with E-state index in [0.29, 0.717) is 23.5 Å². The van der Waals surface area contributed by atoms with E-state index in [-0.39, 0.29) is 11.7 Å². The Hall–Kier alpha value is -2.82. The Morgan fingerprint density at radius 1 is 1.30 bits per heavy atom. The van der Waals surface area contributed by atoms with Crippen molar-refractivity contribution in [3.63, 3.8) is 0 Å². The molecule has 0 unspecified atom stereocenters. The number of nitrogens with zero attached hydrogens (tertiary/aromatic N) is 1. The first-order valence-corrected chi connectivity index (χ1v) is 7.46. The predicted octanol–water partition coefficient (Wildman–Crippen LogP) is 3.25. The molecule has 2 aromatic carbocycles. The molecule has 0 aliphatic rings. The number of nitrogens with one attached hydrogen (secondary N) is 1. The molecule has 0 spiro atoms.